The maximum atomic E-state index is 6.37. The summed E-state index contributed by atoms with van der Waals surface area (Å²) < 4.78 is 6.37. The third-order valence-corrected chi connectivity index (χ3v) is 6.17. The Morgan fingerprint density at radius 1 is 0.906 bits per heavy atom. The Labute approximate surface area is 191 Å². The van der Waals surface area contributed by atoms with Gasteiger partial charge < -0.3 is 15.0 Å². The van der Waals surface area contributed by atoms with Gasteiger partial charge in [-0.2, -0.15) is 4.98 Å². The van der Waals surface area contributed by atoms with Crippen molar-refractivity contribution in [3.63, 3.8) is 0 Å². The van der Waals surface area contributed by atoms with Crippen molar-refractivity contribution < 1.29 is 4.74 Å². The van der Waals surface area contributed by atoms with Gasteiger partial charge in [0.2, 0.25) is 11.0 Å². The molecule has 2 heterocycles. The van der Waals surface area contributed by atoms with Gasteiger partial charge in [0.05, 0.1) is 0 Å². The Kier molecular flexibility index (Phi) is 5.64. The molecule has 0 bridgehead atoms. The second-order valence-electron chi connectivity index (χ2n) is 7.70. The van der Waals surface area contributed by atoms with Gasteiger partial charge in [-0.3, -0.25) is 0 Å². The van der Waals surface area contributed by atoms with Crippen LogP contribution in [0.25, 0.3) is 11.3 Å². The molecule has 0 unspecified atom stereocenters. The highest BCUT2D eigenvalue weighted by atomic mass is 32.2. The summed E-state index contributed by atoms with van der Waals surface area (Å²) in [6.07, 6.45) is -0.391. The molecule has 0 aliphatic carbocycles. The Balaban J connectivity index is 1.48. The van der Waals surface area contributed by atoms with E-state index in [2.05, 4.69) is 56.8 Å². The van der Waals surface area contributed by atoms with Crippen LogP contribution in [0.5, 0.6) is 5.88 Å². The number of hydrogen-bond acceptors (Lipinski definition) is 7. The first-order valence-corrected chi connectivity index (χ1v) is 11.4. The van der Waals surface area contributed by atoms with E-state index in [1.165, 1.54) is 5.56 Å². The number of nitrogens with zero attached hydrogens (tertiary/aromatic N) is 4. The lowest BCUT2D eigenvalue weighted by molar-refractivity contribution is 0.225. The lowest BCUT2D eigenvalue weighted by Gasteiger charge is -2.20. The smallest absolute Gasteiger partial charge is 0.247 e. The minimum atomic E-state index is -0.391. The molecule has 0 radical (unpaired) electrons. The maximum Gasteiger partial charge on any atom is 0.247 e. The van der Waals surface area contributed by atoms with Gasteiger partial charge >= 0.3 is 0 Å². The van der Waals surface area contributed by atoms with E-state index in [9.17, 15) is 0 Å². The number of anilines is 2. The molecule has 0 saturated heterocycles. The summed E-state index contributed by atoms with van der Waals surface area (Å²) in [4.78, 5) is 6.80. The molecule has 1 aromatic heterocycles. The molecule has 1 atom stereocenters. The summed E-state index contributed by atoms with van der Waals surface area (Å²) in [6, 6.07) is 26.6. The average molecular weight is 442 g/mol. The molecule has 1 aliphatic heterocycles. The van der Waals surface area contributed by atoms with E-state index in [0.29, 0.717) is 16.7 Å². The first-order chi connectivity index (χ1) is 15.7. The maximum absolute atomic E-state index is 6.37. The van der Waals surface area contributed by atoms with Crippen LogP contribution in [-0.4, -0.2) is 29.3 Å². The molecule has 1 aliphatic rings. The Hall–Kier alpha value is -3.58. The monoisotopic (exact) mass is 441 g/mol. The average Bonchev–Trinajstić information content (AvgIpc) is 3.00. The molecule has 3 aromatic carbocycles. The lowest BCUT2D eigenvalue weighted by Crippen LogP contribution is -2.17. The highest BCUT2D eigenvalue weighted by molar-refractivity contribution is 7.98. The summed E-state index contributed by atoms with van der Waals surface area (Å²) in [5.41, 5.74) is 5.86. The van der Waals surface area contributed by atoms with Crippen LogP contribution in [0.3, 0.4) is 0 Å². The van der Waals surface area contributed by atoms with E-state index in [1.807, 2.05) is 56.6 Å². The predicted octanol–water partition coefficient (Wildman–Crippen LogP) is 5.40. The van der Waals surface area contributed by atoms with Crippen LogP contribution >= 0.6 is 11.8 Å². The van der Waals surface area contributed by atoms with E-state index in [1.54, 1.807) is 11.8 Å². The Bertz CT molecular complexity index is 1210. The van der Waals surface area contributed by atoms with Gasteiger partial charge in [0, 0.05) is 42.3 Å². The van der Waals surface area contributed by atoms with Crippen molar-refractivity contribution in [1.29, 1.82) is 0 Å². The Morgan fingerprint density at radius 2 is 1.66 bits per heavy atom. The van der Waals surface area contributed by atoms with Gasteiger partial charge in [-0.15, -0.1) is 10.2 Å². The summed E-state index contributed by atoms with van der Waals surface area (Å²) in [5.74, 6) is 1.25. The van der Waals surface area contributed by atoms with E-state index >= 15 is 0 Å². The summed E-state index contributed by atoms with van der Waals surface area (Å²) in [6.45, 7) is 0. The zero-order valence-electron chi connectivity index (χ0n) is 17.9. The summed E-state index contributed by atoms with van der Waals surface area (Å²) in [5, 5.41) is 12.9. The first-order valence-electron chi connectivity index (χ1n) is 10.4. The molecule has 5 rings (SSSR count). The minimum Gasteiger partial charge on any atom is -0.448 e. The zero-order valence-corrected chi connectivity index (χ0v) is 18.7. The van der Waals surface area contributed by atoms with Crippen LogP contribution in [0.1, 0.15) is 17.4 Å². The van der Waals surface area contributed by atoms with Crippen LogP contribution in [0.4, 0.5) is 11.4 Å². The van der Waals surface area contributed by atoms with E-state index in [4.69, 9.17) is 9.72 Å². The van der Waals surface area contributed by atoms with Gasteiger partial charge in [-0.05, 0) is 23.8 Å². The van der Waals surface area contributed by atoms with Gasteiger partial charge in [0.1, 0.15) is 0 Å². The summed E-state index contributed by atoms with van der Waals surface area (Å²) >= 11 is 1.55. The van der Waals surface area contributed by atoms with Gasteiger partial charge in [0.15, 0.2) is 11.9 Å². The van der Waals surface area contributed by atoms with E-state index < -0.39 is 6.23 Å². The largest absolute Gasteiger partial charge is 0.448 e. The fraction of sp³-hybridized carbons (Fsp3) is 0.160. The third kappa shape index (κ3) is 4.24. The minimum absolute atomic E-state index is 0.391. The molecule has 0 saturated carbocycles. The molecule has 0 fully saturated rings. The summed E-state index contributed by atoms with van der Waals surface area (Å²) in [7, 11) is 4.05. The topological polar surface area (TPSA) is 63.2 Å². The third-order valence-electron chi connectivity index (χ3n) is 5.26. The van der Waals surface area contributed by atoms with Crippen molar-refractivity contribution >= 4 is 23.1 Å². The molecule has 4 aromatic rings. The number of para-hydroxylation sites is 1. The fourth-order valence-electron chi connectivity index (χ4n) is 3.53. The standard InChI is InChI=1S/C25H23N5OS/c1-30(2)19-14-12-18(13-15-19)23-26-21-11-7-6-10-20(21)22-24(31-23)27-25(29-28-22)32-16-17-8-4-3-5-9-17/h3-15,23,26H,16H2,1-2H3/t23-/m0/s1. The second-order valence-corrected chi connectivity index (χ2v) is 8.64. The van der Waals surface area contributed by atoms with Crippen LogP contribution in [0, 0.1) is 0 Å². The van der Waals surface area contributed by atoms with Crippen molar-refractivity contribution in [2.24, 2.45) is 0 Å². The number of rotatable bonds is 5. The van der Waals surface area contributed by atoms with Crippen molar-refractivity contribution in [2.75, 3.05) is 24.3 Å². The van der Waals surface area contributed by atoms with Crippen LogP contribution in [0.2, 0.25) is 0 Å². The molecule has 6 nitrogen and oxygen atoms in total. The number of thioether (sulfide) groups is 1. The molecular formula is C25H23N5OS. The van der Waals surface area contributed by atoms with Gasteiger partial charge in [0.25, 0.3) is 0 Å². The molecular weight excluding hydrogens is 418 g/mol. The highest BCUT2D eigenvalue weighted by Crippen LogP contribution is 2.39. The van der Waals surface area contributed by atoms with Crippen molar-refractivity contribution in [2.45, 2.75) is 17.1 Å². The Morgan fingerprint density at radius 3 is 2.44 bits per heavy atom. The molecule has 0 amide bonds. The highest BCUT2D eigenvalue weighted by Gasteiger charge is 2.26. The van der Waals surface area contributed by atoms with Crippen LogP contribution in [0.15, 0.2) is 84.0 Å². The normalized spacial score (nSPS) is 14.4. The van der Waals surface area contributed by atoms with Crippen LogP contribution in [-0.2, 0) is 5.75 Å². The van der Waals surface area contributed by atoms with Gasteiger partial charge in [-0.25, -0.2) is 0 Å². The van der Waals surface area contributed by atoms with Crippen molar-refractivity contribution in [3.8, 4) is 17.1 Å². The second kappa shape index (κ2) is 8.88. The van der Waals surface area contributed by atoms with E-state index in [0.717, 1.165) is 28.3 Å². The lowest BCUT2D eigenvalue weighted by atomic mass is 10.1. The first kappa shape index (κ1) is 20.3. The SMILES string of the molecule is CN(C)c1ccc([C@H]2Nc3ccccc3-c3nnc(SCc4ccccc4)nc3O2)cc1. The molecule has 7 heteroatoms. The number of nitrogens with one attached hydrogen (secondary N) is 1. The number of ether oxygens (including phenoxy) is 1. The molecule has 160 valence electrons. The fourth-order valence-corrected chi connectivity index (χ4v) is 4.26. The number of aromatic nitrogens is 3. The number of fused-ring (bicyclic) bond motifs is 3. The zero-order chi connectivity index (χ0) is 21.9. The molecule has 0 spiro atoms. The van der Waals surface area contributed by atoms with Gasteiger partial charge in [-0.1, -0.05) is 72.4 Å². The molecule has 32 heavy (non-hydrogen) atoms. The quantitative estimate of drug-likeness (QED) is 0.416. The van der Waals surface area contributed by atoms with Crippen molar-refractivity contribution in [3.05, 3.63) is 90.0 Å². The van der Waals surface area contributed by atoms with E-state index in [-0.39, 0.29) is 0 Å². The predicted molar refractivity (Wildman–Crippen MR) is 129 cm³/mol. The van der Waals surface area contributed by atoms with Crippen molar-refractivity contribution in [1.82, 2.24) is 15.2 Å². The molecule has 1 N–H and O–H groups in total. The number of benzene rings is 3. The number of hydrogen-bond donors (Lipinski definition) is 1. The van der Waals surface area contributed by atoms with Crippen LogP contribution < -0.4 is 15.0 Å².